The Bertz CT molecular complexity index is 1570. The van der Waals surface area contributed by atoms with Crippen LogP contribution in [0.15, 0.2) is 158 Å². The largest absolute Gasteiger partial charge is 0.311 e. The van der Waals surface area contributed by atoms with E-state index < -0.39 is 0 Å². The summed E-state index contributed by atoms with van der Waals surface area (Å²) in [5.74, 6) is 0. The molecule has 0 saturated heterocycles. The molecule has 45 heavy (non-hydrogen) atoms. The Morgan fingerprint density at radius 2 is 0.778 bits per heavy atom. The molecule has 0 fully saturated rings. The molecule has 0 aliphatic carbocycles. The van der Waals surface area contributed by atoms with Gasteiger partial charge in [-0.3, -0.25) is 0 Å². The first-order valence-corrected chi connectivity index (χ1v) is 16.2. The van der Waals surface area contributed by atoms with Crippen molar-refractivity contribution in [2.24, 2.45) is 0 Å². The fourth-order valence-corrected chi connectivity index (χ4v) is 5.28. The van der Waals surface area contributed by atoms with E-state index in [1.807, 2.05) is 12.1 Å². The zero-order valence-corrected chi connectivity index (χ0v) is 26.3. The van der Waals surface area contributed by atoms with Crippen LogP contribution < -0.4 is 4.90 Å². The normalized spacial score (nSPS) is 11.8. The average Bonchev–Trinajstić information content (AvgIpc) is 3.10. The van der Waals surface area contributed by atoms with E-state index >= 15 is 0 Å². The number of hydrogen-bond donors (Lipinski definition) is 0. The third-order valence-corrected chi connectivity index (χ3v) is 7.79. The van der Waals surface area contributed by atoms with E-state index in [1.165, 1.54) is 53.5 Å². The molecule has 5 aromatic rings. The van der Waals surface area contributed by atoms with E-state index in [-0.39, 0.29) is 0 Å². The first-order chi connectivity index (χ1) is 22.3. The Morgan fingerprint density at radius 3 is 1.18 bits per heavy atom. The van der Waals surface area contributed by atoms with Crippen LogP contribution in [0.25, 0.3) is 24.3 Å². The van der Waals surface area contributed by atoms with Gasteiger partial charge in [0.15, 0.2) is 0 Å². The third-order valence-electron chi connectivity index (χ3n) is 7.79. The lowest BCUT2D eigenvalue weighted by Crippen LogP contribution is -2.10. The second kappa shape index (κ2) is 17.2. The fraction of sp³-hybridized carbons (Fsp3) is 0.136. The van der Waals surface area contributed by atoms with Gasteiger partial charge in [-0.05, 0) is 77.1 Å². The molecule has 1 heteroatoms. The van der Waals surface area contributed by atoms with Crippen molar-refractivity contribution in [3.63, 3.8) is 0 Å². The number of nitrogens with zero attached hydrogens (tertiary/aromatic N) is 1. The minimum atomic E-state index is 1.14. The summed E-state index contributed by atoms with van der Waals surface area (Å²) in [6.45, 7) is 2.27. The maximum absolute atomic E-state index is 2.34. The molecular weight excluding hydrogens is 542 g/mol. The monoisotopic (exact) mass is 585 g/mol. The molecule has 0 saturated carbocycles. The molecule has 0 N–H and O–H groups in total. The van der Waals surface area contributed by atoms with Crippen molar-refractivity contribution in [2.45, 2.75) is 39.0 Å². The highest BCUT2D eigenvalue weighted by Gasteiger charge is 2.12. The number of allylic oxidation sites excluding steroid dienone is 4. The van der Waals surface area contributed by atoms with Gasteiger partial charge >= 0.3 is 0 Å². The zero-order valence-electron chi connectivity index (χ0n) is 26.3. The van der Waals surface area contributed by atoms with Crippen molar-refractivity contribution < 1.29 is 0 Å². The highest BCUT2D eigenvalue weighted by atomic mass is 15.1. The van der Waals surface area contributed by atoms with Gasteiger partial charge in [0.2, 0.25) is 0 Å². The Kier molecular flexibility index (Phi) is 12.0. The summed E-state index contributed by atoms with van der Waals surface area (Å²) in [6, 6.07) is 47.5. The van der Waals surface area contributed by atoms with Gasteiger partial charge in [-0.15, -0.1) is 0 Å². The highest BCUT2D eigenvalue weighted by Crippen LogP contribution is 2.35. The van der Waals surface area contributed by atoms with Gasteiger partial charge < -0.3 is 4.90 Å². The predicted molar refractivity (Wildman–Crippen MR) is 198 cm³/mol. The third kappa shape index (κ3) is 9.95. The minimum absolute atomic E-state index is 1.14. The van der Waals surface area contributed by atoms with Gasteiger partial charge in [0.25, 0.3) is 0 Å². The smallest absolute Gasteiger partial charge is 0.0462 e. The summed E-state index contributed by atoms with van der Waals surface area (Å²) in [7, 11) is 0. The van der Waals surface area contributed by atoms with Crippen LogP contribution in [0.1, 0.15) is 60.4 Å². The van der Waals surface area contributed by atoms with E-state index in [1.54, 1.807) is 0 Å². The molecular formula is C44H43N. The maximum atomic E-state index is 2.34. The summed E-state index contributed by atoms with van der Waals surface area (Å²) < 4.78 is 0. The summed E-state index contributed by atoms with van der Waals surface area (Å²) in [5.41, 5.74) is 9.58. The number of hydrogen-bond acceptors (Lipinski definition) is 1. The lowest BCUT2D eigenvalue weighted by molar-refractivity contribution is 0.667. The van der Waals surface area contributed by atoms with Crippen molar-refractivity contribution in [1.29, 1.82) is 0 Å². The average molecular weight is 586 g/mol. The molecule has 5 aromatic carbocycles. The molecule has 0 aromatic heterocycles. The summed E-state index contributed by atoms with van der Waals surface area (Å²) in [5, 5.41) is 0. The lowest BCUT2D eigenvalue weighted by atomic mass is 10.0. The number of unbranched alkanes of at least 4 members (excludes halogenated alkanes) is 3. The molecule has 0 radical (unpaired) electrons. The van der Waals surface area contributed by atoms with E-state index in [0.29, 0.717) is 0 Å². The Hall–Kier alpha value is -5.14. The zero-order chi connectivity index (χ0) is 30.9. The number of aryl methyl sites for hydroxylation is 1. The van der Waals surface area contributed by atoms with E-state index in [9.17, 15) is 0 Å². The van der Waals surface area contributed by atoms with Gasteiger partial charge in [0.05, 0.1) is 0 Å². The summed E-state index contributed by atoms with van der Waals surface area (Å²) >= 11 is 0. The van der Waals surface area contributed by atoms with Gasteiger partial charge in [-0.2, -0.15) is 0 Å². The second-order valence-corrected chi connectivity index (χ2v) is 11.3. The number of rotatable bonds is 14. The predicted octanol–water partition coefficient (Wildman–Crippen LogP) is 12.7. The van der Waals surface area contributed by atoms with Gasteiger partial charge in [0, 0.05) is 17.1 Å². The standard InChI is InChI=1S/C44H43N/c1-2-3-4-7-20-39-25-31-42(32-26-39)45(43-33-27-40(28-34-43)23-14-12-21-37-16-8-5-9-17-37)44-35-29-41(30-36-44)24-15-13-22-38-18-10-6-11-19-38/h5-6,8-19,21-36H,2-4,7,20H2,1H3/b21-12+,22-13+,23-14+,24-15+. The molecule has 0 aliphatic rings. The van der Waals surface area contributed by atoms with Gasteiger partial charge in [-0.25, -0.2) is 0 Å². The van der Waals surface area contributed by atoms with Crippen LogP contribution in [0.2, 0.25) is 0 Å². The van der Waals surface area contributed by atoms with Crippen LogP contribution in [-0.4, -0.2) is 0 Å². The molecule has 0 atom stereocenters. The van der Waals surface area contributed by atoms with Crippen molar-refractivity contribution in [3.8, 4) is 0 Å². The van der Waals surface area contributed by atoms with Crippen LogP contribution in [0.3, 0.4) is 0 Å². The van der Waals surface area contributed by atoms with Crippen LogP contribution in [0, 0.1) is 0 Å². The highest BCUT2D eigenvalue weighted by molar-refractivity contribution is 5.78. The van der Waals surface area contributed by atoms with Crippen molar-refractivity contribution >= 4 is 41.4 Å². The molecule has 0 heterocycles. The molecule has 224 valence electrons. The molecule has 0 amide bonds. The topological polar surface area (TPSA) is 3.24 Å². The molecule has 1 nitrogen and oxygen atoms in total. The Balaban J connectivity index is 1.33. The summed E-state index contributed by atoms with van der Waals surface area (Å²) in [4.78, 5) is 2.34. The van der Waals surface area contributed by atoms with Gasteiger partial charge in [-0.1, -0.05) is 172 Å². The molecule has 0 bridgehead atoms. The quantitative estimate of drug-likeness (QED) is 0.0925. The number of anilines is 3. The fourth-order valence-electron chi connectivity index (χ4n) is 5.28. The minimum Gasteiger partial charge on any atom is -0.311 e. The van der Waals surface area contributed by atoms with Crippen LogP contribution in [0.5, 0.6) is 0 Å². The van der Waals surface area contributed by atoms with E-state index in [4.69, 9.17) is 0 Å². The van der Waals surface area contributed by atoms with E-state index in [0.717, 1.165) is 23.5 Å². The SMILES string of the molecule is CCCCCCc1ccc(N(c2ccc(/C=C/C=C/c3ccccc3)cc2)c2ccc(/C=C/C=C/c3ccccc3)cc2)cc1. The van der Waals surface area contributed by atoms with Gasteiger partial charge in [0.1, 0.15) is 0 Å². The second-order valence-electron chi connectivity index (χ2n) is 11.3. The molecule has 0 spiro atoms. The van der Waals surface area contributed by atoms with Crippen molar-refractivity contribution in [1.82, 2.24) is 0 Å². The first-order valence-electron chi connectivity index (χ1n) is 16.2. The maximum Gasteiger partial charge on any atom is 0.0462 e. The van der Waals surface area contributed by atoms with Crippen molar-refractivity contribution in [2.75, 3.05) is 4.90 Å². The number of benzene rings is 5. The molecule has 0 aliphatic heterocycles. The lowest BCUT2D eigenvalue weighted by Gasteiger charge is -2.26. The first kappa shape index (κ1) is 31.3. The van der Waals surface area contributed by atoms with E-state index in [2.05, 4.69) is 182 Å². The van der Waals surface area contributed by atoms with Crippen LogP contribution >= 0.6 is 0 Å². The Morgan fingerprint density at radius 1 is 0.400 bits per heavy atom. The van der Waals surface area contributed by atoms with Crippen molar-refractivity contribution in [3.05, 3.63) is 186 Å². The van der Waals surface area contributed by atoms with Crippen LogP contribution in [0.4, 0.5) is 17.1 Å². The molecule has 0 unspecified atom stereocenters. The van der Waals surface area contributed by atoms with Crippen LogP contribution in [-0.2, 0) is 6.42 Å². The Labute approximate surface area is 270 Å². The summed E-state index contributed by atoms with van der Waals surface area (Å²) in [6.07, 6.45) is 23.2. The molecule has 5 rings (SSSR count).